The number of thioether (sulfide) groups is 1. The van der Waals surface area contributed by atoms with Crippen LogP contribution in [0.15, 0.2) is 53.7 Å². The van der Waals surface area contributed by atoms with E-state index in [0.29, 0.717) is 11.0 Å². The predicted molar refractivity (Wildman–Crippen MR) is 129 cm³/mol. The first kappa shape index (κ1) is 24.3. The Bertz CT molecular complexity index is 1130. The molecule has 1 amide bonds. The fourth-order valence-electron chi connectivity index (χ4n) is 3.24. The number of hydrogen-bond donors (Lipinski definition) is 1. The number of amides is 1. The number of aromatic nitrogens is 3. The molecule has 0 bridgehead atoms. The van der Waals surface area contributed by atoms with Crippen LogP contribution in [0.2, 0.25) is 0 Å². The molecule has 1 aromatic heterocycles. The summed E-state index contributed by atoms with van der Waals surface area (Å²) >= 11 is 1.27. The van der Waals surface area contributed by atoms with E-state index in [0.717, 1.165) is 22.6 Å². The average Bonchev–Trinajstić information content (AvgIpc) is 3.20. The molecule has 8 heteroatoms. The normalized spacial score (nSPS) is 12.8. The Kier molecular flexibility index (Phi) is 7.77. The van der Waals surface area contributed by atoms with Gasteiger partial charge in [-0.15, -0.1) is 10.2 Å². The second-order valence-electron chi connectivity index (χ2n) is 8.39. The molecule has 7 nitrogen and oxygen atoms in total. The van der Waals surface area contributed by atoms with E-state index in [1.807, 2.05) is 80.8 Å². The third kappa shape index (κ3) is 5.74. The first-order valence-corrected chi connectivity index (χ1v) is 11.8. The van der Waals surface area contributed by atoms with E-state index in [2.05, 4.69) is 21.6 Å². The zero-order valence-electron chi connectivity index (χ0n) is 19.6. The van der Waals surface area contributed by atoms with Crippen LogP contribution in [-0.2, 0) is 11.4 Å². The molecule has 0 aliphatic carbocycles. The van der Waals surface area contributed by atoms with Crippen molar-refractivity contribution in [3.63, 3.8) is 0 Å². The van der Waals surface area contributed by atoms with E-state index in [1.165, 1.54) is 11.8 Å². The number of nitrogens with zero attached hydrogens (tertiary/aromatic N) is 4. The molecule has 0 aliphatic rings. The van der Waals surface area contributed by atoms with Crippen molar-refractivity contribution in [1.29, 1.82) is 5.26 Å². The van der Waals surface area contributed by atoms with E-state index in [4.69, 9.17) is 4.74 Å². The van der Waals surface area contributed by atoms with Crippen molar-refractivity contribution in [1.82, 2.24) is 20.1 Å². The van der Waals surface area contributed by atoms with Gasteiger partial charge in [-0.1, -0.05) is 62.0 Å². The lowest BCUT2D eigenvalue weighted by molar-refractivity contribution is -0.120. The number of carbonyl (C=O) groups is 1. The SMILES string of the molecule is Cc1cccc(C)c1OCc1nnc(SCC(=O)NC(C)(C#N)C(C)C)n1-c1ccccc1. The number of aryl methyl sites for hydroxylation is 2. The van der Waals surface area contributed by atoms with Crippen LogP contribution in [0.1, 0.15) is 37.7 Å². The zero-order chi connectivity index (χ0) is 24.0. The van der Waals surface area contributed by atoms with Crippen LogP contribution >= 0.6 is 11.8 Å². The highest BCUT2D eigenvalue weighted by molar-refractivity contribution is 7.99. The summed E-state index contributed by atoms with van der Waals surface area (Å²) in [5.74, 6) is 1.34. The van der Waals surface area contributed by atoms with Gasteiger partial charge in [0.1, 0.15) is 17.9 Å². The molecule has 33 heavy (non-hydrogen) atoms. The maximum absolute atomic E-state index is 12.6. The van der Waals surface area contributed by atoms with E-state index in [9.17, 15) is 10.1 Å². The van der Waals surface area contributed by atoms with Crippen molar-refractivity contribution in [2.24, 2.45) is 5.92 Å². The minimum atomic E-state index is -0.921. The van der Waals surface area contributed by atoms with Gasteiger partial charge in [-0.2, -0.15) is 5.26 Å². The van der Waals surface area contributed by atoms with Gasteiger partial charge in [0.25, 0.3) is 0 Å². The number of benzene rings is 2. The molecular formula is C25H29N5O2S. The average molecular weight is 464 g/mol. The number of para-hydroxylation sites is 2. The van der Waals surface area contributed by atoms with Crippen molar-refractivity contribution >= 4 is 17.7 Å². The number of rotatable bonds is 9. The molecule has 0 saturated carbocycles. The fraction of sp³-hybridized carbons (Fsp3) is 0.360. The van der Waals surface area contributed by atoms with Crippen LogP contribution < -0.4 is 10.1 Å². The Morgan fingerprint density at radius 2 is 1.82 bits per heavy atom. The topological polar surface area (TPSA) is 92.8 Å². The van der Waals surface area contributed by atoms with Gasteiger partial charge < -0.3 is 10.1 Å². The molecule has 0 radical (unpaired) electrons. The number of carbonyl (C=O) groups excluding carboxylic acids is 1. The highest BCUT2D eigenvalue weighted by Crippen LogP contribution is 2.26. The quantitative estimate of drug-likeness (QED) is 0.466. The molecule has 3 rings (SSSR count). The molecule has 172 valence electrons. The van der Waals surface area contributed by atoms with Crippen molar-refractivity contribution in [3.05, 3.63) is 65.5 Å². The minimum absolute atomic E-state index is 0.0157. The van der Waals surface area contributed by atoms with Crippen LogP contribution in [-0.4, -0.2) is 32.0 Å². The van der Waals surface area contributed by atoms with Gasteiger partial charge in [-0.25, -0.2) is 0 Å². The smallest absolute Gasteiger partial charge is 0.231 e. The molecule has 0 fully saturated rings. The van der Waals surface area contributed by atoms with E-state index >= 15 is 0 Å². The van der Waals surface area contributed by atoms with Crippen molar-refractivity contribution < 1.29 is 9.53 Å². The van der Waals surface area contributed by atoms with Gasteiger partial charge in [0, 0.05) is 5.69 Å². The molecule has 0 saturated heterocycles. The van der Waals surface area contributed by atoms with Gasteiger partial charge in [-0.3, -0.25) is 9.36 Å². The van der Waals surface area contributed by atoms with E-state index in [1.54, 1.807) is 6.92 Å². The van der Waals surface area contributed by atoms with Gasteiger partial charge in [0.2, 0.25) is 5.91 Å². The number of nitrogens with one attached hydrogen (secondary N) is 1. The number of ether oxygens (including phenoxy) is 1. The molecule has 1 atom stereocenters. The summed E-state index contributed by atoms with van der Waals surface area (Å²) in [6.07, 6.45) is 0. The van der Waals surface area contributed by atoms with Crippen molar-refractivity contribution in [3.8, 4) is 17.5 Å². The Labute approximate surface area is 199 Å². The highest BCUT2D eigenvalue weighted by Gasteiger charge is 2.30. The monoisotopic (exact) mass is 463 g/mol. The Morgan fingerprint density at radius 3 is 2.42 bits per heavy atom. The summed E-state index contributed by atoms with van der Waals surface area (Å²) in [6.45, 7) is 9.80. The highest BCUT2D eigenvalue weighted by atomic mass is 32.2. The number of nitriles is 1. The molecule has 1 unspecified atom stereocenters. The van der Waals surface area contributed by atoms with Crippen LogP contribution in [0.25, 0.3) is 5.69 Å². The lowest BCUT2D eigenvalue weighted by Crippen LogP contribution is -2.49. The van der Waals surface area contributed by atoms with E-state index in [-0.39, 0.29) is 24.2 Å². The molecule has 1 heterocycles. The second kappa shape index (κ2) is 10.5. The first-order valence-electron chi connectivity index (χ1n) is 10.8. The van der Waals surface area contributed by atoms with Crippen molar-refractivity contribution in [2.45, 2.75) is 51.9 Å². The van der Waals surface area contributed by atoms with Gasteiger partial charge in [-0.05, 0) is 49.9 Å². The Balaban J connectivity index is 1.81. The van der Waals surface area contributed by atoms with Gasteiger partial charge in [0.15, 0.2) is 11.0 Å². The summed E-state index contributed by atoms with van der Waals surface area (Å²) in [7, 11) is 0. The van der Waals surface area contributed by atoms with Crippen LogP contribution in [0.4, 0.5) is 0 Å². The van der Waals surface area contributed by atoms with Crippen LogP contribution in [0.5, 0.6) is 5.75 Å². The lowest BCUT2D eigenvalue weighted by Gasteiger charge is -2.27. The van der Waals surface area contributed by atoms with Gasteiger partial charge in [0.05, 0.1) is 11.8 Å². The zero-order valence-corrected chi connectivity index (χ0v) is 20.4. The standard InChI is InChI=1S/C25H29N5O2S/c1-17(2)25(5,16-26)27-22(31)15-33-24-29-28-21(30(24)20-12-7-6-8-13-20)14-32-23-18(3)10-9-11-19(23)4/h6-13,17H,14-15H2,1-5H3,(H,27,31). The molecule has 1 N–H and O–H groups in total. The maximum Gasteiger partial charge on any atom is 0.231 e. The van der Waals surface area contributed by atoms with Crippen LogP contribution in [0, 0.1) is 31.1 Å². The summed E-state index contributed by atoms with van der Waals surface area (Å²) in [4.78, 5) is 12.6. The van der Waals surface area contributed by atoms with Crippen molar-refractivity contribution in [2.75, 3.05) is 5.75 Å². The second-order valence-corrected chi connectivity index (χ2v) is 9.33. The summed E-state index contributed by atoms with van der Waals surface area (Å²) in [6, 6.07) is 18.0. The summed E-state index contributed by atoms with van der Waals surface area (Å²) < 4.78 is 8.01. The maximum atomic E-state index is 12.6. The Hall–Kier alpha value is -3.31. The molecule has 0 spiro atoms. The van der Waals surface area contributed by atoms with E-state index < -0.39 is 5.54 Å². The number of hydrogen-bond acceptors (Lipinski definition) is 6. The Morgan fingerprint density at radius 1 is 1.15 bits per heavy atom. The third-order valence-electron chi connectivity index (χ3n) is 5.59. The van der Waals surface area contributed by atoms with Gasteiger partial charge >= 0.3 is 0 Å². The predicted octanol–water partition coefficient (Wildman–Crippen LogP) is 4.61. The summed E-state index contributed by atoms with van der Waals surface area (Å²) in [5, 5.41) is 21.6. The summed E-state index contributed by atoms with van der Waals surface area (Å²) in [5.41, 5.74) is 2.07. The first-order chi connectivity index (χ1) is 15.7. The fourth-order valence-corrected chi connectivity index (χ4v) is 4.02. The lowest BCUT2D eigenvalue weighted by atomic mass is 9.90. The largest absolute Gasteiger partial charge is 0.485 e. The molecule has 2 aromatic carbocycles. The molecule has 0 aliphatic heterocycles. The third-order valence-corrected chi connectivity index (χ3v) is 6.52. The van der Waals surface area contributed by atoms with Crippen LogP contribution in [0.3, 0.4) is 0 Å². The minimum Gasteiger partial charge on any atom is -0.485 e. The molecular weight excluding hydrogens is 434 g/mol. The molecule has 3 aromatic rings.